The number of sulfonamides is 1. The number of carbonyl (C=O) groups excluding carboxylic acids is 1. The molecule has 0 radical (unpaired) electrons. The van der Waals surface area contributed by atoms with Crippen LogP contribution in [0.3, 0.4) is 0 Å². The Hall–Kier alpha value is -3.10. The highest BCUT2D eigenvalue weighted by Gasteiger charge is 2.17. The molecule has 0 fully saturated rings. The number of hydrogen-bond acceptors (Lipinski definition) is 4. The number of halogens is 2. The van der Waals surface area contributed by atoms with Crippen molar-refractivity contribution in [2.75, 3.05) is 17.1 Å². The summed E-state index contributed by atoms with van der Waals surface area (Å²) in [5.41, 5.74) is 1.42. The van der Waals surface area contributed by atoms with Gasteiger partial charge in [-0.15, -0.1) is 0 Å². The number of anilines is 2. The lowest BCUT2D eigenvalue weighted by atomic mass is 10.1. The van der Waals surface area contributed by atoms with Crippen LogP contribution in [0.1, 0.15) is 15.9 Å². The molecule has 1 amide bonds. The van der Waals surface area contributed by atoms with Crippen molar-refractivity contribution < 1.29 is 22.3 Å². The third kappa shape index (κ3) is 4.90. The highest BCUT2D eigenvalue weighted by atomic mass is 35.5. The molecule has 0 saturated carbocycles. The third-order valence-electron chi connectivity index (χ3n) is 4.29. The Bertz CT molecular complexity index is 1200. The maximum Gasteiger partial charge on any atom is 0.261 e. The first-order chi connectivity index (χ1) is 14.2. The van der Waals surface area contributed by atoms with Gasteiger partial charge in [0.25, 0.3) is 15.9 Å². The van der Waals surface area contributed by atoms with Crippen LogP contribution < -0.4 is 14.8 Å². The number of benzene rings is 3. The molecule has 30 heavy (non-hydrogen) atoms. The van der Waals surface area contributed by atoms with Crippen molar-refractivity contribution in [2.45, 2.75) is 11.8 Å². The normalized spacial score (nSPS) is 11.1. The molecule has 0 unspecified atom stereocenters. The molecule has 0 saturated heterocycles. The molecule has 9 heteroatoms. The van der Waals surface area contributed by atoms with E-state index < -0.39 is 21.7 Å². The van der Waals surface area contributed by atoms with Crippen LogP contribution in [0.2, 0.25) is 5.02 Å². The molecular formula is C21H18ClFN2O4S. The summed E-state index contributed by atoms with van der Waals surface area (Å²) < 4.78 is 46.2. The number of amides is 1. The molecule has 0 aliphatic rings. The molecule has 6 nitrogen and oxygen atoms in total. The maximum absolute atomic E-state index is 13.3. The van der Waals surface area contributed by atoms with E-state index in [1.54, 1.807) is 31.2 Å². The molecular weight excluding hydrogens is 431 g/mol. The molecule has 2 N–H and O–H groups in total. The fraction of sp³-hybridized carbons (Fsp3) is 0.0952. The summed E-state index contributed by atoms with van der Waals surface area (Å²) in [5, 5.41) is 2.48. The Morgan fingerprint density at radius 1 is 1.03 bits per heavy atom. The van der Waals surface area contributed by atoms with Gasteiger partial charge in [-0.1, -0.05) is 17.7 Å². The quantitative estimate of drug-likeness (QED) is 0.564. The lowest BCUT2D eigenvalue weighted by molar-refractivity contribution is 0.102. The van der Waals surface area contributed by atoms with Gasteiger partial charge in [-0.2, -0.15) is 0 Å². The van der Waals surface area contributed by atoms with E-state index in [-0.39, 0.29) is 21.2 Å². The van der Waals surface area contributed by atoms with Gasteiger partial charge in [0.15, 0.2) is 0 Å². The summed E-state index contributed by atoms with van der Waals surface area (Å²) in [5.74, 6) is -0.563. The number of ether oxygens (including phenoxy) is 1. The van der Waals surface area contributed by atoms with Gasteiger partial charge < -0.3 is 10.1 Å². The zero-order valence-electron chi connectivity index (χ0n) is 16.1. The number of methoxy groups -OCH3 is 1. The second-order valence-corrected chi connectivity index (χ2v) is 8.48. The van der Waals surface area contributed by atoms with Crippen LogP contribution in [0.15, 0.2) is 65.6 Å². The topological polar surface area (TPSA) is 84.5 Å². The fourth-order valence-electron chi connectivity index (χ4n) is 2.61. The lowest BCUT2D eigenvalue weighted by Crippen LogP contribution is -2.16. The predicted molar refractivity (Wildman–Crippen MR) is 114 cm³/mol. The number of nitrogens with one attached hydrogen (secondary N) is 2. The van der Waals surface area contributed by atoms with E-state index in [0.717, 1.165) is 6.07 Å². The van der Waals surface area contributed by atoms with Crippen LogP contribution in [-0.2, 0) is 10.0 Å². The van der Waals surface area contributed by atoms with Gasteiger partial charge in [0.2, 0.25) is 0 Å². The van der Waals surface area contributed by atoms with E-state index in [4.69, 9.17) is 16.3 Å². The monoisotopic (exact) mass is 448 g/mol. The largest absolute Gasteiger partial charge is 0.497 e. The minimum atomic E-state index is -3.87. The van der Waals surface area contributed by atoms with Crippen molar-refractivity contribution in [2.24, 2.45) is 0 Å². The molecule has 0 atom stereocenters. The number of rotatable bonds is 6. The van der Waals surface area contributed by atoms with Gasteiger partial charge in [0.1, 0.15) is 11.6 Å². The summed E-state index contributed by atoms with van der Waals surface area (Å²) in [4.78, 5) is 12.6. The molecule has 3 aromatic rings. The molecule has 0 heterocycles. The number of carbonyl (C=O) groups is 1. The Balaban J connectivity index is 1.83. The second-order valence-electron chi connectivity index (χ2n) is 6.39. The highest BCUT2D eigenvalue weighted by Crippen LogP contribution is 2.24. The van der Waals surface area contributed by atoms with Gasteiger partial charge in [0.05, 0.1) is 22.7 Å². The van der Waals surface area contributed by atoms with Crippen LogP contribution >= 0.6 is 11.6 Å². The van der Waals surface area contributed by atoms with Crippen molar-refractivity contribution in [3.8, 4) is 5.75 Å². The van der Waals surface area contributed by atoms with Gasteiger partial charge in [0, 0.05) is 11.3 Å². The SMILES string of the molecule is COc1ccc(S(=O)(=O)Nc2cc(C(=O)Nc3ccc(F)c(Cl)c3)ccc2C)cc1. The van der Waals surface area contributed by atoms with Crippen molar-refractivity contribution in [1.29, 1.82) is 0 Å². The van der Waals surface area contributed by atoms with E-state index in [2.05, 4.69) is 10.0 Å². The van der Waals surface area contributed by atoms with E-state index in [1.807, 2.05) is 0 Å². The minimum absolute atomic E-state index is 0.0542. The van der Waals surface area contributed by atoms with Gasteiger partial charge in [-0.3, -0.25) is 9.52 Å². The first-order valence-corrected chi connectivity index (χ1v) is 10.6. The molecule has 0 aromatic heterocycles. The van der Waals surface area contributed by atoms with Crippen LogP contribution in [0.4, 0.5) is 15.8 Å². The fourth-order valence-corrected chi connectivity index (χ4v) is 3.91. The molecule has 0 bridgehead atoms. The van der Waals surface area contributed by atoms with Gasteiger partial charge in [-0.25, -0.2) is 12.8 Å². The Morgan fingerprint density at radius 3 is 2.37 bits per heavy atom. The summed E-state index contributed by atoms with van der Waals surface area (Å²) in [6.45, 7) is 1.72. The van der Waals surface area contributed by atoms with E-state index in [9.17, 15) is 17.6 Å². The Kier molecular flexibility index (Phi) is 6.28. The summed E-state index contributed by atoms with van der Waals surface area (Å²) in [6, 6.07) is 14.3. The van der Waals surface area contributed by atoms with Gasteiger partial charge >= 0.3 is 0 Å². The van der Waals surface area contributed by atoms with Crippen molar-refractivity contribution in [1.82, 2.24) is 0 Å². The summed E-state index contributed by atoms with van der Waals surface area (Å²) >= 11 is 5.73. The minimum Gasteiger partial charge on any atom is -0.497 e. The zero-order valence-corrected chi connectivity index (χ0v) is 17.6. The zero-order chi connectivity index (χ0) is 21.9. The average Bonchev–Trinajstić information content (AvgIpc) is 2.72. The first kappa shape index (κ1) is 21.6. The smallest absolute Gasteiger partial charge is 0.261 e. The van der Waals surface area contributed by atoms with Gasteiger partial charge in [-0.05, 0) is 67.1 Å². The predicted octanol–water partition coefficient (Wildman–Crippen LogP) is 4.85. The van der Waals surface area contributed by atoms with E-state index >= 15 is 0 Å². The maximum atomic E-state index is 13.3. The molecule has 3 aromatic carbocycles. The first-order valence-electron chi connectivity index (χ1n) is 8.73. The highest BCUT2D eigenvalue weighted by molar-refractivity contribution is 7.92. The van der Waals surface area contributed by atoms with Crippen molar-refractivity contribution >= 4 is 38.9 Å². The van der Waals surface area contributed by atoms with E-state index in [1.165, 1.54) is 37.4 Å². The van der Waals surface area contributed by atoms with E-state index in [0.29, 0.717) is 17.0 Å². The standard InChI is InChI=1S/C21H18ClFN2O4S/c1-13-3-4-14(21(26)24-15-5-10-19(23)18(22)12-15)11-20(13)25-30(27,28)17-8-6-16(29-2)7-9-17/h3-12,25H,1-2H3,(H,24,26). The molecule has 0 aliphatic carbocycles. The lowest BCUT2D eigenvalue weighted by Gasteiger charge is -2.13. The van der Waals surface area contributed by atoms with Crippen LogP contribution in [0, 0.1) is 12.7 Å². The molecule has 0 spiro atoms. The number of hydrogen-bond donors (Lipinski definition) is 2. The van der Waals surface area contributed by atoms with Crippen LogP contribution in [0.25, 0.3) is 0 Å². The summed E-state index contributed by atoms with van der Waals surface area (Å²) in [7, 11) is -2.38. The Morgan fingerprint density at radius 2 is 1.73 bits per heavy atom. The molecule has 0 aliphatic heterocycles. The van der Waals surface area contributed by atoms with Crippen LogP contribution in [-0.4, -0.2) is 21.4 Å². The van der Waals surface area contributed by atoms with Crippen LogP contribution in [0.5, 0.6) is 5.75 Å². The average molecular weight is 449 g/mol. The Labute approximate surface area is 178 Å². The van der Waals surface area contributed by atoms with Crippen molar-refractivity contribution in [3.05, 3.63) is 82.6 Å². The number of aryl methyl sites for hydroxylation is 1. The third-order valence-corrected chi connectivity index (χ3v) is 5.96. The summed E-state index contributed by atoms with van der Waals surface area (Å²) in [6.07, 6.45) is 0. The second kappa shape index (κ2) is 8.73. The molecule has 3 rings (SSSR count). The van der Waals surface area contributed by atoms with Crippen molar-refractivity contribution in [3.63, 3.8) is 0 Å². The molecule has 156 valence electrons.